The first-order chi connectivity index (χ1) is 9.71. The zero-order valence-corrected chi connectivity index (χ0v) is 12.7. The number of rotatable bonds is 2. The molecule has 0 unspecified atom stereocenters. The summed E-state index contributed by atoms with van der Waals surface area (Å²) in [6.07, 6.45) is 6.13. The van der Waals surface area contributed by atoms with E-state index in [2.05, 4.69) is 47.2 Å². The first-order valence-electron chi connectivity index (χ1n) is 7.35. The van der Waals surface area contributed by atoms with Gasteiger partial charge in [0.25, 0.3) is 0 Å². The lowest BCUT2D eigenvalue weighted by Gasteiger charge is -2.37. The van der Waals surface area contributed by atoms with E-state index in [-0.39, 0.29) is 5.41 Å². The molecule has 3 rings (SSSR count). The lowest BCUT2D eigenvalue weighted by atomic mass is 9.68. The van der Waals surface area contributed by atoms with E-state index < -0.39 is 0 Å². The van der Waals surface area contributed by atoms with Crippen LogP contribution in [-0.2, 0) is 5.41 Å². The van der Waals surface area contributed by atoms with Crippen LogP contribution in [0.4, 0.5) is 0 Å². The molecule has 1 fully saturated rings. The number of hydrogen-bond donors (Lipinski definition) is 1. The Kier molecular flexibility index (Phi) is 3.70. The summed E-state index contributed by atoms with van der Waals surface area (Å²) in [6.45, 7) is 2.06. The Morgan fingerprint density at radius 2 is 1.80 bits per heavy atom. The summed E-state index contributed by atoms with van der Waals surface area (Å²) in [7, 11) is 0. The SMILES string of the molecule is Cc1cc(=S)nc(C2(c3ccccc3)CCCCC2)[nH]1. The van der Waals surface area contributed by atoms with Gasteiger partial charge in [0.1, 0.15) is 10.5 Å². The third kappa shape index (κ3) is 2.42. The molecule has 1 aromatic carbocycles. The van der Waals surface area contributed by atoms with Gasteiger partial charge >= 0.3 is 0 Å². The molecule has 1 N–H and O–H groups in total. The Labute approximate surface area is 125 Å². The lowest BCUT2D eigenvalue weighted by molar-refractivity contribution is 0.329. The van der Waals surface area contributed by atoms with Gasteiger partial charge in [0.2, 0.25) is 0 Å². The van der Waals surface area contributed by atoms with Crippen molar-refractivity contribution < 1.29 is 0 Å². The van der Waals surface area contributed by atoms with Crippen molar-refractivity contribution in [3.63, 3.8) is 0 Å². The highest BCUT2D eigenvalue weighted by Gasteiger charge is 2.37. The summed E-state index contributed by atoms with van der Waals surface area (Å²) in [5, 5.41) is 0. The van der Waals surface area contributed by atoms with E-state index >= 15 is 0 Å². The van der Waals surface area contributed by atoms with E-state index in [1.807, 2.05) is 6.07 Å². The molecule has 1 aliphatic carbocycles. The third-order valence-corrected chi connectivity index (χ3v) is 4.57. The molecule has 20 heavy (non-hydrogen) atoms. The Balaban J connectivity index is 2.17. The number of nitrogens with zero attached hydrogens (tertiary/aromatic N) is 1. The Morgan fingerprint density at radius 3 is 2.45 bits per heavy atom. The second-order valence-electron chi connectivity index (χ2n) is 5.76. The molecular formula is C17H20N2S. The van der Waals surface area contributed by atoms with Gasteiger partial charge in [-0.2, -0.15) is 0 Å². The molecule has 1 heterocycles. The van der Waals surface area contributed by atoms with Gasteiger partial charge in [-0.15, -0.1) is 0 Å². The highest BCUT2D eigenvalue weighted by Crippen LogP contribution is 2.43. The van der Waals surface area contributed by atoms with Crippen molar-refractivity contribution in [2.75, 3.05) is 0 Å². The van der Waals surface area contributed by atoms with Crippen LogP contribution in [0.25, 0.3) is 0 Å². The predicted molar refractivity (Wildman–Crippen MR) is 84.5 cm³/mol. The summed E-state index contributed by atoms with van der Waals surface area (Å²) in [6, 6.07) is 12.7. The highest BCUT2D eigenvalue weighted by atomic mass is 32.1. The summed E-state index contributed by atoms with van der Waals surface area (Å²) in [5.74, 6) is 1.05. The van der Waals surface area contributed by atoms with E-state index in [1.165, 1.54) is 24.8 Å². The maximum absolute atomic E-state index is 5.32. The topological polar surface area (TPSA) is 28.7 Å². The molecule has 1 aromatic heterocycles. The van der Waals surface area contributed by atoms with E-state index in [1.54, 1.807) is 0 Å². The van der Waals surface area contributed by atoms with E-state index in [0.29, 0.717) is 4.64 Å². The monoisotopic (exact) mass is 284 g/mol. The fourth-order valence-corrected chi connectivity index (χ4v) is 3.65. The number of aromatic amines is 1. The molecule has 0 amide bonds. The quantitative estimate of drug-likeness (QED) is 0.810. The van der Waals surface area contributed by atoms with E-state index in [0.717, 1.165) is 24.4 Å². The van der Waals surface area contributed by atoms with Crippen molar-refractivity contribution in [1.29, 1.82) is 0 Å². The van der Waals surface area contributed by atoms with Crippen LogP contribution < -0.4 is 0 Å². The summed E-state index contributed by atoms with van der Waals surface area (Å²) >= 11 is 5.32. The maximum Gasteiger partial charge on any atom is 0.130 e. The minimum absolute atomic E-state index is 0.0130. The van der Waals surface area contributed by atoms with E-state index in [9.17, 15) is 0 Å². The second-order valence-corrected chi connectivity index (χ2v) is 6.18. The highest BCUT2D eigenvalue weighted by molar-refractivity contribution is 7.71. The van der Waals surface area contributed by atoms with Crippen LogP contribution in [0.15, 0.2) is 36.4 Å². The smallest absolute Gasteiger partial charge is 0.130 e. The van der Waals surface area contributed by atoms with Crippen LogP contribution in [0.3, 0.4) is 0 Å². The van der Waals surface area contributed by atoms with Crippen molar-refractivity contribution in [3.8, 4) is 0 Å². The van der Waals surface area contributed by atoms with Gasteiger partial charge in [0, 0.05) is 5.69 Å². The van der Waals surface area contributed by atoms with Crippen LogP contribution in [0.1, 0.15) is 49.2 Å². The number of aromatic nitrogens is 2. The Bertz CT molecular complexity index is 640. The molecule has 3 heteroatoms. The fourth-order valence-electron chi connectivity index (χ4n) is 3.38. The average Bonchev–Trinajstić information content (AvgIpc) is 2.48. The molecule has 2 aromatic rings. The van der Waals surface area contributed by atoms with Crippen LogP contribution in [0.5, 0.6) is 0 Å². The largest absolute Gasteiger partial charge is 0.347 e. The first kappa shape index (κ1) is 13.5. The van der Waals surface area contributed by atoms with Gasteiger partial charge in [0.15, 0.2) is 0 Å². The van der Waals surface area contributed by atoms with Crippen molar-refractivity contribution in [2.24, 2.45) is 0 Å². The van der Waals surface area contributed by atoms with Gasteiger partial charge in [-0.3, -0.25) is 0 Å². The minimum atomic E-state index is 0.0130. The summed E-state index contributed by atoms with van der Waals surface area (Å²) in [4.78, 5) is 8.14. The number of H-pyrrole nitrogens is 1. The molecule has 0 radical (unpaired) electrons. The van der Waals surface area contributed by atoms with Crippen molar-refractivity contribution in [1.82, 2.24) is 9.97 Å². The van der Waals surface area contributed by atoms with Crippen molar-refractivity contribution in [2.45, 2.75) is 44.4 Å². The van der Waals surface area contributed by atoms with Gasteiger partial charge in [-0.1, -0.05) is 61.8 Å². The standard InChI is InChI=1S/C17H20N2S/c1-13-12-15(20)19-16(18-13)17(10-6-3-7-11-17)14-8-4-2-5-9-14/h2,4-5,8-9,12H,3,6-7,10-11H2,1H3,(H,18,19,20). The summed E-state index contributed by atoms with van der Waals surface area (Å²) in [5.41, 5.74) is 2.48. The van der Waals surface area contributed by atoms with Crippen LogP contribution >= 0.6 is 12.2 Å². The first-order valence-corrected chi connectivity index (χ1v) is 7.75. The molecule has 0 saturated heterocycles. The Hall–Kier alpha value is -1.48. The van der Waals surface area contributed by atoms with Crippen LogP contribution in [0.2, 0.25) is 0 Å². The maximum atomic E-state index is 5.32. The molecule has 0 aliphatic heterocycles. The average molecular weight is 284 g/mol. The molecule has 104 valence electrons. The van der Waals surface area contributed by atoms with E-state index in [4.69, 9.17) is 12.2 Å². The molecule has 0 bridgehead atoms. The number of hydrogen-bond acceptors (Lipinski definition) is 2. The molecule has 0 spiro atoms. The minimum Gasteiger partial charge on any atom is -0.347 e. The van der Waals surface area contributed by atoms with Gasteiger partial charge in [-0.25, -0.2) is 4.98 Å². The van der Waals surface area contributed by atoms with Crippen molar-refractivity contribution >= 4 is 12.2 Å². The third-order valence-electron chi connectivity index (χ3n) is 4.36. The molecule has 1 saturated carbocycles. The molecular weight excluding hydrogens is 264 g/mol. The molecule has 2 nitrogen and oxygen atoms in total. The predicted octanol–water partition coefficient (Wildman–Crippen LogP) is 4.70. The fraction of sp³-hybridized carbons (Fsp3) is 0.412. The van der Waals surface area contributed by atoms with Gasteiger partial charge < -0.3 is 4.98 Å². The number of benzene rings is 1. The summed E-state index contributed by atoms with van der Waals surface area (Å²) < 4.78 is 0.692. The second kappa shape index (κ2) is 5.49. The molecule has 1 aliphatic rings. The zero-order valence-electron chi connectivity index (χ0n) is 11.9. The van der Waals surface area contributed by atoms with Crippen molar-refractivity contribution in [3.05, 3.63) is 58.1 Å². The van der Waals surface area contributed by atoms with Gasteiger partial charge in [0.05, 0.1) is 5.41 Å². The van der Waals surface area contributed by atoms with Gasteiger partial charge in [-0.05, 0) is 31.4 Å². The van der Waals surface area contributed by atoms with Crippen LogP contribution in [-0.4, -0.2) is 9.97 Å². The molecule has 0 atom stereocenters. The number of aryl methyl sites for hydroxylation is 1. The normalized spacial score (nSPS) is 17.9. The number of nitrogens with one attached hydrogen (secondary N) is 1. The zero-order chi connectivity index (χ0) is 14.0. The lowest BCUT2D eigenvalue weighted by Crippen LogP contribution is -2.33. The van der Waals surface area contributed by atoms with Crippen LogP contribution in [0, 0.1) is 11.6 Å². The Morgan fingerprint density at radius 1 is 1.10 bits per heavy atom.